The molecule has 0 aliphatic carbocycles. The van der Waals surface area contributed by atoms with E-state index in [1.165, 1.54) is 7.11 Å². The Morgan fingerprint density at radius 1 is 1.79 bits per heavy atom. The maximum absolute atomic E-state index is 11.2. The van der Waals surface area contributed by atoms with Gasteiger partial charge >= 0.3 is 5.97 Å². The molecular formula is C9H16BrNO3. The van der Waals surface area contributed by atoms with Crippen molar-refractivity contribution in [2.75, 3.05) is 33.4 Å². The Labute approximate surface area is 92.7 Å². The van der Waals surface area contributed by atoms with Crippen LogP contribution in [0.3, 0.4) is 0 Å². The van der Waals surface area contributed by atoms with Crippen LogP contribution in [0, 0.1) is 0 Å². The average Bonchev–Trinajstić information content (AvgIpc) is 2.20. The van der Waals surface area contributed by atoms with Crippen molar-refractivity contribution in [3.05, 3.63) is 0 Å². The van der Waals surface area contributed by atoms with Crippen LogP contribution in [0.5, 0.6) is 0 Å². The molecule has 14 heavy (non-hydrogen) atoms. The van der Waals surface area contributed by atoms with Crippen LogP contribution in [0.25, 0.3) is 0 Å². The van der Waals surface area contributed by atoms with Crippen molar-refractivity contribution in [1.82, 2.24) is 4.90 Å². The largest absolute Gasteiger partial charge is 0.468 e. The van der Waals surface area contributed by atoms with Crippen LogP contribution in [0.1, 0.15) is 6.92 Å². The van der Waals surface area contributed by atoms with Crippen LogP contribution >= 0.6 is 15.9 Å². The fraction of sp³-hybridized carbons (Fsp3) is 0.889. The first-order chi connectivity index (χ1) is 6.65. The normalized spacial score (nSPS) is 25.8. The lowest BCUT2D eigenvalue weighted by molar-refractivity contribution is -0.140. The summed E-state index contributed by atoms with van der Waals surface area (Å²) in [5, 5.41) is 0. The van der Waals surface area contributed by atoms with Gasteiger partial charge in [0.2, 0.25) is 0 Å². The molecule has 0 radical (unpaired) electrons. The summed E-state index contributed by atoms with van der Waals surface area (Å²) < 4.78 is 9.95. The highest BCUT2D eigenvalue weighted by molar-refractivity contribution is 9.10. The molecule has 5 heteroatoms. The number of rotatable bonds is 3. The number of ether oxygens (including phenoxy) is 2. The van der Waals surface area contributed by atoms with E-state index >= 15 is 0 Å². The van der Waals surface area contributed by atoms with E-state index in [1.54, 1.807) is 0 Å². The van der Waals surface area contributed by atoms with Gasteiger partial charge in [0.1, 0.15) is 4.83 Å². The summed E-state index contributed by atoms with van der Waals surface area (Å²) in [6.07, 6.45) is 0. The zero-order chi connectivity index (χ0) is 10.6. The van der Waals surface area contributed by atoms with Gasteiger partial charge in [-0.25, -0.2) is 0 Å². The van der Waals surface area contributed by atoms with Gasteiger partial charge in [-0.15, -0.1) is 0 Å². The van der Waals surface area contributed by atoms with Gasteiger partial charge in [0.25, 0.3) is 0 Å². The highest BCUT2D eigenvalue weighted by Crippen LogP contribution is 2.11. The zero-order valence-corrected chi connectivity index (χ0v) is 10.1. The molecular weight excluding hydrogens is 250 g/mol. The molecule has 1 fully saturated rings. The van der Waals surface area contributed by atoms with Crippen LogP contribution in [-0.2, 0) is 14.3 Å². The molecule has 82 valence electrons. The number of carbonyl (C=O) groups excluding carboxylic acids is 1. The van der Waals surface area contributed by atoms with E-state index in [9.17, 15) is 4.79 Å². The maximum atomic E-state index is 11.2. The van der Waals surface area contributed by atoms with Gasteiger partial charge < -0.3 is 9.47 Å². The van der Waals surface area contributed by atoms with Crippen LogP contribution in [0.2, 0.25) is 0 Å². The third kappa shape index (κ3) is 3.22. The second-order valence-corrected chi connectivity index (χ2v) is 4.51. The monoisotopic (exact) mass is 265 g/mol. The molecule has 0 aromatic rings. The van der Waals surface area contributed by atoms with Crippen molar-refractivity contribution in [1.29, 1.82) is 0 Å². The fourth-order valence-electron chi connectivity index (χ4n) is 1.44. The van der Waals surface area contributed by atoms with E-state index in [-0.39, 0.29) is 10.8 Å². The fourth-order valence-corrected chi connectivity index (χ4v) is 2.00. The number of methoxy groups -OCH3 is 1. The summed E-state index contributed by atoms with van der Waals surface area (Å²) in [6, 6.07) is 0.369. The Morgan fingerprint density at radius 2 is 2.50 bits per heavy atom. The van der Waals surface area contributed by atoms with Crippen LogP contribution < -0.4 is 0 Å². The minimum atomic E-state index is -0.243. The number of morpholine rings is 1. The lowest BCUT2D eigenvalue weighted by Gasteiger charge is -2.33. The molecule has 0 saturated carbocycles. The lowest BCUT2D eigenvalue weighted by Crippen LogP contribution is -2.47. The summed E-state index contributed by atoms with van der Waals surface area (Å²) in [5.74, 6) is -0.219. The molecule has 0 aromatic carbocycles. The third-order valence-electron chi connectivity index (χ3n) is 2.36. The molecule has 0 spiro atoms. The molecule has 0 amide bonds. The van der Waals surface area contributed by atoms with Crippen molar-refractivity contribution in [3.63, 3.8) is 0 Å². The van der Waals surface area contributed by atoms with Gasteiger partial charge in [0.15, 0.2) is 0 Å². The average molecular weight is 266 g/mol. The lowest BCUT2D eigenvalue weighted by atomic mass is 10.2. The highest BCUT2D eigenvalue weighted by Gasteiger charge is 2.24. The maximum Gasteiger partial charge on any atom is 0.320 e. The number of carbonyl (C=O) groups is 1. The number of halogens is 1. The summed E-state index contributed by atoms with van der Waals surface area (Å²) in [5.41, 5.74) is 0. The first kappa shape index (κ1) is 11.9. The molecule has 4 nitrogen and oxygen atoms in total. The standard InChI is InChI=1S/C9H16BrNO3/c1-7-6-14-4-3-11(7)5-8(10)9(12)13-2/h7-8H,3-6H2,1-2H3. The van der Waals surface area contributed by atoms with Gasteiger partial charge in [0, 0.05) is 19.1 Å². The minimum absolute atomic E-state index is 0.219. The molecule has 2 unspecified atom stereocenters. The van der Waals surface area contributed by atoms with Crippen molar-refractivity contribution < 1.29 is 14.3 Å². The second kappa shape index (κ2) is 5.68. The number of nitrogens with zero attached hydrogens (tertiary/aromatic N) is 1. The molecule has 0 bridgehead atoms. The SMILES string of the molecule is COC(=O)C(Br)CN1CCOCC1C. The Bertz CT molecular complexity index is 200. The summed E-state index contributed by atoms with van der Waals surface area (Å²) in [6.45, 7) is 5.12. The van der Waals surface area contributed by atoms with Crippen molar-refractivity contribution in [3.8, 4) is 0 Å². The molecule has 1 rings (SSSR count). The van der Waals surface area contributed by atoms with E-state index in [4.69, 9.17) is 4.74 Å². The van der Waals surface area contributed by atoms with Gasteiger partial charge in [-0.3, -0.25) is 9.69 Å². The molecule has 2 atom stereocenters. The van der Waals surface area contributed by atoms with Crippen LogP contribution in [0.4, 0.5) is 0 Å². The zero-order valence-electron chi connectivity index (χ0n) is 8.53. The van der Waals surface area contributed by atoms with Gasteiger partial charge in [-0.1, -0.05) is 15.9 Å². The smallest absolute Gasteiger partial charge is 0.320 e. The van der Waals surface area contributed by atoms with E-state index < -0.39 is 0 Å². The van der Waals surface area contributed by atoms with E-state index in [2.05, 4.69) is 32.5 Å². The Balaban J connectivity index is 2.38. The number of esters is 1. The van der Waals surface area contributed by atoms with Crippen molar-refractivity contribution in [2.45, 2.75) is 17.8 Å². The van der Waals surface area contributed by atoms with E-state index in [0.717, 1.165) is 19.8 Å². The number of hydrogen-bond acceptors (Lipinski definition) is 4. The molecule has 0 aromatic heterocycles. The van der Waals surface area contributed by atoms with Gasteiger partial charge in [0.05, 0.1) is 20.3 Å². The molecule has 1 saturated heterocycles. The Kier molecular flexibility index (Phi) is 4.84. The molecule has 1 heterocycles. The predicted octanol–water partition coefficient (Wildman–Crippen LogP) is 0.644. The van der Waals surface area contributed by atoms with Gasteiger partial charge in [-0.2, -0.15) is 0 Å². The van der Waals surface area contributed by atoms with Crippen LogP contribution in [0.15, 0.2) is 0 Å². The highest BCUT2D eigenvalue weighted by atomic mass is 79.9. The van der Waals surface area contributed by atoms with E-state index in [1.807, 2.05) is 0 Å². The van der Waals surface area contributed by atoms with Crippen LogP contribution in [-0.4, -0.2) is 55.2 Å². The van der Waals surface area contributed by atoms with Crippen molar-refractivity contribution in [2.24, 2.45) is 0 Å². The summed E-state index contributed by atoms with van der Waals surface area (Å²) >= 11 is 3.31. The first-order valence-electron chi connectivity index (χ1n) is 4.69. The van der Waals surface area contributed by atoms with E-state index in [0.29, 0.717) is 12.6 Å². The number of hydrogen-bond donors (Lipinski definition) is 0. The van der Waals surface area contributed by atoms with Gasteiger partial charge in [-0.05, 0) is 6.92 Å². The molecule has 1 aliphatic rings. The first-order valence-corrected chi connectivity index (χ1v) is 5.60. The molecule has 0 N–H and O–H groups in total. The van der Waals surface area contributed by atoms with Crippen molar-refractivity contribution >= 4 is 21.9 Å². The minimum Gasteiger partial charge on any atom is -0.468 e. The Hall–Kier alpha value is -0.130. The third-order valence-corrected chi connectivity index (χ3v) is 3.02. The Morgan fingerprint density at radius 3 is 3.07 bits per heavy atom. The summed E-state index contributed by atoms with van der Waals surface area (Å²) in [7, 11) is 1.40. The quantitative estimate of drug-likeness (QED) is 0.555. The predicted molar refractivity (Wildman–Crippen MR) is 56.6 cm³/mol. The summed E-state index contributed by atoms with van der Waals surface area (Å²) in [4.78, 5) is 13.1. The second-order valence-electron chi connectivity index (χ2n) is 3.41. The topological polar surface area (TPSA) is 38.8 Å². The number of alkyl halides is 1. The molecule has 1 aliphatic heterocycles.